The van der Waals surface area contributed by atoms with Gasteiger partial charge in [0.1, 0.15) is 18.0 Å². The maximum absolute atomic E-state index is 12.6. The number of amides is 1. The molecule has 24 heavy (non-hydrogen) atoms. The minimum Gasteiger partial charge on any atom is -0.343 e. The Labute approximate surface area is 143 Å². The molecular formula is C17H17ClN4O2. The summed E-state index contributed by atoms with van der Waals surface area (Å²) in [5.74, 6) is -0.309. The highest BCUT2D eigenvalue weighted by Gasteiger charge is 2.19. The highest BCUT2D eigenvalue weighted by atomic mass is 35.5. The molecule has 2 heterocycles. The van der Waals surface area contributed by atoms with Gasteiger partial charge in [-0.25, -0.2) is 4.98 Å². The molecule has 1 aromatic carbocycles. The van der Waals surface area contributed by atoms with Gasteiger partial charge in [0, 0.05) is 16.4 Å². The number of nitrogens with one attached hydrogen (secondary N) is 2. The molecule has 0 radical (unpaired) electrons. The number of carbonyl (C=O) groups excluding carboxylic acids is 1. The molecule has 0 fully saturated rings. The normalized spacial score (nSPS) is 12.3. The summed E-state index contributed by atoms with van der Waals surface area (Å²) in [6.45, 7) is 5.33. The van der Waals surface area contributed by atoms with Crippen molar-refractivity contribution in [2.75, 3.05) is 5.32 Å². The van der Waals surface area contributed by atoms with Crippen LogP contribution >= 0.6 is 11.6 Å². The van der Waals surface area contributed by atoms with Crippen molar-refractivity contribution in [3.05, 3.63) is 57.2 Å². The average Bonchev–Trinajstić information content (AvgIpc) is 2.93. The highest BCUT2D eigenvalue weighted by Crippen LogP contribution is 2.23. The molecule has 0 aliphatic rings. The molecule has 3 aromatic rings. The number of halogens is 1. The third kappa shape index (κ3) is 2.80. The monoisotopic (exact) mass is 344 g/mol. The van der Waals surface area contributed by atoms with E-state index < -0.39 is 6.04 Å². The quantitative estimate of drug-likeness (QED) is 0.765. The van der Waals surface area contributed by atoms with Gasteiger partial charge < -0.3 is 10.3 Å². The zero-order chi connectivity index (χ0) is 17.4. The Morgan fingerprint density at radius 3 is 2.88 bits per heavy atom. The van der Waals surface area contributed by atoms with E-state index in [1.54, 1.807) is 31.2 Å². The lowest BCUT2D eigenvalue weighted by atomic mass is 10.2. The minimum absolute atomic E-state index is 0.255. The second-order valence-electron chi connectivity index (χ2n) is 5.75. The molecule has 7 heteroatoms. The Kier molecular flexibility index (Phi) is 4.15. The Morgan fingerprint density at radius 1 is 1.38 bits per heavy atom. The standard InChI is InChI=1S/C17H17ClN4O2/c1-9-7-12-15(20-9)19-8-22(17(12)24)11(3)16(23)21-14-6-4-5-13(18)10(14)2/h4-8,11,20H,1-3H3,(H,21,23). The topological polar surface area (TPSA) is 79.8 Å². The fourth-order valence-electron chi connectivity index (χ4n) is 2.53. The van der Waals surface area contributed by atoms with Crippen molar-refractivity contribution >= 4 is 34.2 Å². The molecule has 6 nitrogen and oxygen atoms in total. The largest absolute Gasteiger partial charge is 0.343 e. The first kappa shape index (κ1) is 16.3. The van der Waals surface area contributed by atoms with Gasteiger partial charge in [-0.05, 0) is 44.5 Å². The summed E-state index contributed by atoms with van der Waals surface area (Å²) >= 11 is 6.07. The van der Waals surface area contributed by atoms with Crippen LogP contribution < -0.4 is 10.9 Å². The van der Waals surface area contributed by atoms with Gasteiger partial charge in [-0.1, -0.05) is 17.7 Å². The molecule has 1 atom stereocenters. The van der Waals surface area contributed by atoms with E-state index in [1.807, 2.05) is 13.8 Å². The van der Waals surface area contributed by atoms with Crippen molar-refractivity contribution in [2.24, 2.45) is 0 Å². The molecule has 1 amide bonds. The number of aromatic nitrogens is 3. The second-order valence-corrected chi connectivity index (χ2v) is 6.16. The van der Waals surface area contributed by atoms with E-state index in [1.165, 1.54) is 10.9 Å². The number of fused-ring (bicyclic) bond motifs is 1. The third-order valence-corrected chi connectivity index (χ3v) is 4.44. The van der Waals surface area contributed by atoms with Crippen LogP contribution in [0.5, 0.6) is 0 Å². The summed E-state index contributed by atoms with van der Waals surface area (Å²) in [6.07, 6.45) is 1.38. The van der Waals surface area contributed by atoms with E-state index in [9.17, 15) is 9.59 Å². The molecule has 0 spiro atoms. The first-order chi connectivity index (χ1) is 11.4. The fourth-order valence-corrected chi connectivity index (χ4v) is 2.71. The van der Waals surface area contributed by atoms with Gasteiger partial charge in [0.15, 0.2) is 0 Å². The van der Waals surface area contributed by atoms with Crippen LogP contribution in [0.25, 0.3) is 11.0 Å². The second kappa shape index (κ2) is 6.13. The van der Waals surface area contributed by atoms with Crippen LogP contribution in [-0.4, -0.2) is 20.4 Å². The van der Waals surface area contributed by atoms with E-state index in [0.29, 0.717) is 21.7 Å². The maximum Gasteiger partial charge on any atom is 0.263 e. The number of hydrogen-bond acceptors (Lipinski definition) is 3. The Bertz CT molecular complexity index is 990. The molecule has 0 bridgehead atoms. The summed E-state index contributed by atoms with van der Waals surface area (Å²) < 4.78 is 1.32. The summed E-state index contributed by atoms with van der Waals surface area (Å²) in [5.41, 5.74) is 2.52. The predicted octanol–water partition coefficient (Wildman–Crippen LogP) is 3.19. The van der Waals surface area contributed by atoms with Gasteiger partial charge in [-0.2, -0.15) is 0 Å². The lowest BCUT2D eigenvalue weighted by Gasteiger charge is -2.16. The lowest BCUT2D eigenvalue weighted by Crippen LogP contribution is -2.31. The predicted molar refractivity (Wildman–Crippen MR) is 94.6 cm³/mol. The number of aryl methyl sites for hydroxylation is 1. The van der Waals surface area contributed by atoms with Gasteiger partial charge in [-0.15, -0.1) is 0 Å². The molecule has 2 N–H and O–H groups in total. The van der Waals surface area contributed by atoms with Crippen LogP contribution in [0.4, 0.5) is 5.69 Å². The number of anilines is 1. The minimum atomic E-state index is -0.706. The van der Waals surface area contributed by atoms with Gasteiger partial charge in [-0.3, -0.25) is 14.2 Å². The summed E-state index contributed by atoms with van der Waals surface area (Å²) in [7, 11) is 0. The molecule has 0 saturated heterocycles. The van der Waals surface area contributed by atoms with Crippen LogP contribution in [0.2, 0.25) is 5.02 Å². The summed E-state index contributed by atoms with van der Waals surface area (Å²) in [6, 6.07) is 6.31. The smallest absolute Gasteiger partial charge is 0.263 e. The van der Waals surface area contributed by atoms with Crippen molar-refractivity contribution < 1.29 is 4.79 Å². The van der Waals surface area contributed by atoms with Crippen LogP contribution in [0, 0.1) is 13.8 Å². The van der Waals surface area contributed by atoms with Crippen molar-refractivity contribution in [1.82, 2.24) is 14.5 Å². The molecule has 0 saturated carbocycles. The Hall–Kier alpha value is -2.60. The SMILES string of the molecule is Cc1cc2c(=O)n(C(C)C(=O)Nc3cccc(Cl)c3C)cnc2[nH]1. The Balaban J connectivity index is 1.92. The van der Waals surface area contributed by atoms with E-state index in [4.69, 9.17) is 11.6 Å². The van der Waals surface area contributed by atoms with Crippen LogP contribution in [-0.2, 0) is 4.79 Å². The first-order valence-corrected chi connectivity index (χ1v) is 7.88. The molecule has 1 unspecified atom stereocenters. The van der Waals surface area contributed by atoms with Crippen molar-refractivity contribution in [3.8, 4) is 0 Å². The molecule has 0 aliphatic heterocycles. The summed E-state index contributed by atoms with van der Waals surface area (Å²) in [5, 5.41) is 3.85. The fraction of sp³-hybridized carbons (Fsp3) is 0.235. The van der Waals surface area contributed by atoms with Crippen molar-refractivity contribution in [3.63, 3.8) is 0 Å². The number of H-pyrrole nitrogens is 1. The summed E-state index contributed by atoms with van der Waals surface area (Å²) in [4.78, 5) is 32.3. The number of benzene rings is 1. The van der Waals surface area contributed by atoms with Crippen molar-refractivity contribution in [2.45, 2.75) is 26.8 Å². The van der Waals surface area contributed by atoms with E-state index in [-0.39, 0.29) is 11.5 Å². The number of aromatic amines is 1. The Morgan fingerprint density at radius 2 is 2.12 bits per heavy atom. The van der Waals surface area contributed by atoms with Gasteiger partial charge in [0.25, 0.3) is 5.56 Å². The van der Waals surface area contributed by atoms with Crippen LogP contribution in [0.15, 0.2) is 35.4 Å². The van der Waals surface area contributed by atoms with Gasteiger partial charge in [0.05, 0.1) is 5.39 Å². The molecule has 124 valence electrons. The van der Waals surface area contributed by atoms with Gasteiger partial charge >= 0.3 is 0 Å². The number of nitrogens with zero attached hydrogens (tertiary/aromatic N) is 2. The molecule has 2 aromatic heterocycles. The number of carbonyl (C=O) groups is 1. The zero-order valence-electron chi connectivity index (χ0n) is 13.6. The first-order valence-electron chi connectivity index (χ1n) is 7.51. The average molecular weight is 345 g/mol. The molecule has 0 aliphatic carbocycles. The maximum atomic E-state index is 12.6. The zero-order valence-corrected chi connectivity index (χ0v) is 14.3. The third-order valence-electron chi connectivity index (χ3n) is 4.03. The lowest BCUT2D eigenvalue weighted by molar-refractivity contribution is -0.118. The molecular weight excluding hydrogens is 328 g/mol. The van der Waals surface area contributed by atoms with E-state index in [2.05, 4.69) is 15.3 Å². The van der Waals surface area contributed by atoms with E-state index in [0.717, 1.165) is 11.3 Å². The van der Waals surface area contributed by atoms with Gasteiger partial charge in [0.2, 0.25) is 5.91 Å². The highest BCUT2D eigenvalue weighted by molar-refractivity contribution is 6.31. The van der Waals surface area contributed by atoms with E-state index >= 15 is 0 Å². The van der Waals surface area contributed by atoms with Crippen LogP contribution in [0.1, 0.15) is 24.2 Å². The molecule has 3 rings (SSSR count). The number of hydrogen-bond donors (Lipinski definition) is 2. The number of rotatable bonds is 3. The van der Waals surface area contributed by atoms with Crippen LogP contribution in [0.3, 0.4) is 0 Å². The van der Waals surface area contributed by atoms with Crippen molar-refractivity contribution in [1.29, 1.82) is 0 Å².